The van der Waals surface area contributed by atoms with Crippen LogP contribution in [0.5, 0.6) is 0 Å². The molecule has 0 saturated carbocycles. The second-order valence-electron chi connectivity index (χ2n) is 7.24. The van der Waals surface area contributed by atoms with Gasteiger partial charge in [0, 0.05) is 44.9 Å². The quantitative estimate of drug-likeness (QED) is 0.741. The van der Waals surface area contributed by atoms with E-state index in [0.717, 1.165) is 37.8 Å². The van der Waals surface area contributed by atoms with E-state index in [0.29, 0.717) is 13.0 Å². The summed E-state index contributed by atoms with van der Waals surface area (Å²) >= 11 is 0. The Kier molecular flexibility index (Phi) is 7.50. The lowest BCUT2D eigenvalue weighted by Crippen LogP contribution is -2.39. The molecule has 1 aromatic heterocycles. The summed E-state index contributed by atoms with van der Waals surface area (Å²) in [5.74, 6) is 1.62. The second kappa shape index (κ2) is 9.62. The molecule has 1 aliphatic rings. The molecular formula is C19H31N3O2. The molecule has 1 aliphatic heterocycles. The summed E-state index contributed by atoms with van der Waals surface area (Å²) in [7, 11) is 0. The van der Waals surface area contributed by atoms with Crippen LogP contribution in [0.3, 0.4) is 0 Å². The first-order valence-electron chi connectivity index (χ1n) is 9.19. The van der Waals surface area contributed by atoms with Gasteiger partial charge in [0.1, 0.15) is 0 Å². The molecule has 0 radical (unpaired) electrons. The minimum Gasteiger partial charge on any atom is -0.356 e. The number of amides is 1. The third-order valence-electron chi connectivity index (χ3n) is 4.65. The van der Waals surface area contributed by atoms with Gasteiger partial charge in [-0.1, -0.05) is 19.9 Å². The minimum atomic E-state index is -0.0599. The van der Waals surface area contributed by atoms with Crippen molar-refractivity contribution >= 4 is 5.91 Å². The summed E-state index contributed by atoms with van der Waals surface area (Å²) in [4.78, 5) is 26.0. The van der Waals surface area contributed by atoms with E-state index in [9.17, 15) is 9.59 Å². The summed E-state index contributed by atoms with van der Waals surface area (Å²) in [6.07, 6.45) is 5.55. The Hall–Kier alpha value is -1.62. The number of pyridine rings is 1. The van der Waals surface area contributed by atoms with Crippen LogP contribution in [0.4, 0.5) is 0 Å². The normalized spacial score (nSPS) is 21.6. The van der Waals surface area contributed by atoms with Gasteiger partial charge in [0.2, 0.25) is 5.91 Å². The van der Waals surface area contributed by atoms with Crippen molar-refractivity contribution in [3.05, 3.63) is 34.7 Å². The fraction of sp³-hybridized carbons (Fsp3) is 0.684. The molecule has 5 nitrogen and oxygen atoms in total. The molecule has 2 rings (SSSR count). The lowest BCUT2D eigenvalue weighted by Gasteiger charge is -2.34. The maximum Gasteiger partial charge on any atom is 0.250 e. The van der Waals surface area contributed by atoms with Gasteiger partial charge in [-0.15, -0.1) is 0 Å². The van der Waals surface area contributed by atoms with Crippen molar-refractivity contribution in [2.24, 2.45) is 11.8 Å². The van der Waals surface area contributed by atoms with Gasteiger partial charge in [0.15, 0.2) is 0 Å². The van der Waals surface area contributed by atoms with Gasteiger partial charge in [-0.05, 0) is 43.7 Å². The average molecular weight is 333 g/mol. The van der Waals surface area contributed by atoms with Gasteiger partial charge in [-0.25, -0.2) is 0 Å². The summed E-state index contributed by atoms with van der Waals surface area (Å²) in [5, 5.41) is 2.95. The van der Waals surface area contributed by atoms with E-state index in [1.165, 1.54) is 25.6 Å². The number of likely N-dealkylation sites (tertiary alicyclic amines) is 1. The Morgan fingerprint density at radius 2 is 1.92 bits per heavy atom. The number of rotatable bonds is 8. The standard InChI is InChI=1S/C19H31N3O2/c1-16-13-17(2)15-21(14-16)10-6-4-9-20-18(23)8-12-22-11-5-3-7-19(22)24/h3,5,7,11,16-17H,4,6,8-10,12-15H2,1-2H3,(H,20,23). The maximum absolute atomic E-state index is 11.8. The highest BCUT2D eigenvalue weighted by Crippen LogP contribution is 2.20. The SMILES string of the molecule is CC1CC(C)CN(CCCCNC(=O)CCn2ccccc2=O)C1. The van der Waals surface area contributed by atoms with E-state index in [1.54, 1.807) is 16.8 Å². The molecule has 1 aromatic rings. The molecule has 0 aromatic carbocycles. The molecular weight excluding hydrogens is 302 g/mol. The van der Waals surface area contributed by atoms with Crippen LogP contribution in [0.2, 0.25) is 0 Å². The molecule has 1 fully saturated rings. The maximum atomic E-state index is 11.8. The van der Waals surface area contributed by atoms with E-state index < -0.39 is 0 Å². The molecule has 0 spiro atoms. The molecule has 1 saturated heterocycles. The molecule has 0 aliphatic carbocycles. The number of unbranched alkanes of at least 4 members (excludes halogenated alkanes) is 1. The van der Waals surface area contributed by atoms with Crippen LogP contribution in [-0.2, 0) is 11.3 Å². The minimum absolute atomic E-state index is 0.0194. The lowest BCUT2D eigenvalue weighted by molar-refractivity contribution is -0.121. The summed E-state index contributed by atoms with van der Waals surface area (Å²) in [6, 6.07) is 5.03. The molecule has 2 unspecified atom stereocenters. The number of hydrogen-bond donors (Lipinski definition) is 1. The van der Waals surface area contributed by atoms with Crippen molar-refractivity contribution in [1.82, 2.24) is 14.8 Å². The average Bonchev–Trinajstić information content (AvgIpc) is 2.53. The van der Waals surface area contributed by atoms with Crippen LogP contribution in [0.15, 0.2) is 29.2 Å². The number of piperidine rings is 1. The monoisotopic (exact) mass is 333 g/mol. The molecule has 1 amide bonds. The van der Waals surface area contributed by atoms with Crippen LogP contribution in [0, 0.1) is 11.8 Å². The van der Waals surface area contributed by atoms with Gasteiger partial charge in [0.25, 0.3) is 5.56 Å². The predicted octanol–water partition coefficient (Wildman–Crippen LogP) is 2.11. The van der Waals surface area contributed by atoms with Gasteiger partial charge in [-0.3, -0.25) is 9.59 Å². The lowest BCUT2D eigenvalue weighted by atomic mass is 9.92. The smallest absolute Gasteiger partial charge is 0.250 e. The van der Waals surface area contributed by atoms with Crippen molar-refractivity contribution < 1.29 is 4.79 Å². The molecule has 5 heteroatoms. The highest BCUT2D eigenvalue weighted by molar-refractivity contribution is 5.75. The first-order valence-corrected chi connectivity index (χ1v) is 9.19. The van der Waals surface area contributed by atoms with E-state index in [1.807, 2.05) is 6.07 Å². The fourth-order valence-corrected chi connectivity index (χ4v) is 3.62. The van der Waals surface area contributed by atoms with Crippen LogP contribution < -0.4 is 10.9 Å². The largest absolute Gasteiger partial charge is 0.356 e. The predicted molar refractivity (Wildman–Crippen MR) is 96.9 cm³/mol. The van der Waals surface area contributed by atoms with E-state index in [-0.39, 0.29) is 11.5 Å². The molecule has 0 bridgehead atoms. The summed E-state index contributed by atoms with van der Waals surface area (Å²) in [5.41, 5.74) is -0.0599. The van der Waals surface area contributed by atoms with E-state index >= 15 is 0 Å². The van der Waals surface area contributed by atoms with Crippen LogP contribution in [0.1, 0.15) is 39.5 Å². The highest BCUT2D eigenvalue weighted by Gasteiger charge is 2.20. The Labute approximate surface area is 145 Å². The number of aromatic nitrogens is 1. The van der Waals surface area contributed by atoms with Gasteiger partial charge in [-0.2, -0.15) is 0 Å². The zero-order chi connectivity index (χ0) is 17.4. The summed E-state index contributed by atoms with van der Waals surface area (Å²) < 4.78 is 1.57. The third-order valence-corrected chi connectivity index (χ3v) is 4.65. The number of nitrogens with one attached hydrogen (secondary N) is 1. The zero-order valence-corrected chi connectivity index (χ0v) is 15.0. The van der Waals surface area contributed by atoms with Crippen LogP contribution >= 0.6 is 0 Å². The number of carbonyl (C=O) groups excluding carboxylic acids is 1. The molecule has 2 heterocycles. The van der Waals surface area contributed by atoms with Crippen molar-refractivity contribution in [2.45, 2.75) is 46.1 Å². The first-order chi connectivity index (χ1) is 11.5. The molecule has 2 atom stereocenters. The first kappa shape index (κ1) is 18.7. The fourth-order valence-electron chi connectivity index (χ4n) is 3.62. The Morgan fingerprint density at radius 1 is 1.17 bits per heavy atom. The number of hydrogen-bond acceptors (Lipinski definition) is 3. The number of carbonyl (C=O) groups is 1. The Bertz CT molecular complexity index is 560. The van der Waals surface area contributed by atoms with E-state index in [4.69, 9.17) is 0 Å². The van der Waals surface area contributed by atoms with Crippen molar-refractivity contribution in [1.29, 1.82) is 0 Å². The molecule has 1 N–H and O–H groups in total. The molecule has 24 heavy (non-hydrogen) atoms. The Balaban J connectivity index is 1.55. The van der Waals surface area contributed by atoms with Crippen LogP contribution in [-0.4, -0.2) is 41.6 Å². The van der Waals surface area contributed by atoms with Crippen molar-refractivity contribution in [3.63, 3.8) is 0 Å². The third kappa shape index (κ3) is 6.48. The van der Waals surface area contributed by atoms with E-state index in [2.05, 4.69) is 24.1 Å². The van der Waals surface area contributed by atoms with Gasteiger partial charge in [0.05, 0.1) is 0 Å². The number of nitrogens with zero attached hydrogens (tertiary/aromatic N) is 2. The van der Waals surface area contributed by atoms with Crippen molar-refractivity contribution in [2.75, 3.05) is 26.2 Å². The topological polar surface area (TPSA) is 54.3 Å². The summed E-state index contributed by atoms with van der Waals surface area (Å²) in [6.45, 7) is 9.38. The van der Waals surface area contributed by atoms with Gasteiger partial charge < -0.3 is 14.8 Å². The zero-order valence-electron chi connectivity index (χ0n) is 15.0. The van der Waals surface area contributed by atoms with Crippen molar-refractivity contribution in [3.8, 4) is 0 Å². The van der Waals surface area contributed by atoms with Gasteiger partial charge >= 0.3 is 0 Å². The second-order valence-corrected chi connectivity index (χ2v) is 7.24. The number of aryl methyl sites for hydroxylation is 1. The molecule has 134 valence electrons. The Morgan fingerprint density at radius 3 is 2.62 bits per heavy atom. The van der Waals surface area contributed by atoms with Crippen LogP contribution in [0.25, 0.3) is 0 Å². The highest BCUT2D eigenvalue weighted by atomic mass is 16.1.